The molecule has 1 aromatic heterocycles. The molecule has 1 saturated heterocycles. The summed E-state index contributed by atoms with van der Waals surface area (Å²) in [7, 11) is 2.06. The van der Waals surface area contributed by atoms with Crippen LogP contribution in [0.2, 0.25) is 0 Å². The predicted molar refractivity (Wildman–Crippen MR) is 77.5 cm³/mol. The number of anilines is 1. The second kappa shape index (κ2) is 5.17. The van der Waals surface area contributed by atoms with Crippen LogP contribution in [-0.2, 0) is 6.42 Å². The largest absolute Gasteiger partial charge is 0.345 e. The van der Waals surface area contributed by atoms with Crippen LogP contribution >= 0.6 is 11.3 Å². The van der Waals surface area contributed by atoms with Crippen LogP contribution in [0.3, 0.4) is 0 Å². The molecule has 0 amide bonds. The average molecular weight is 265 g/mol. The van der Waals surface area contributed by atoms with Gasteiger partial charge in [-0.2, -0.15) is 0 Å². The second-order valence-corrected chi connectivity index (χ2v) is 6.50. The normalized spacial score (nSPS) is 27.6. The molecule has 4 heteroatoms. The van der Waals surface area contributed by atoms with E-state index in [9.17, 15) is 0 Å². The Morgan fingerprint density at radius 2 is 2.28 bits per heavy atom. The van der Waals surface area contributed by atoms with Crippen molar-refractivity contribution in [1.29, 1.82) is 0 Å². The minimum Gasteiger partial charge on any atom is -0.345 e. The van der Waals surface area contributed by atoms with E-state index in [1.807, 2.05) is 11.3 Å². The van der Waals surface area contributed by atoms with Gasteiger partial charge >= 0.3 is 0 Å². The van der Waals surface area contributed by atoms with Gasteiger partial charge < -0.3 is 10.2 Å². The zero-order chi connectivity index (χ0) is 12.5. The van der Waals surface area contributed by atoms with E-state index in [4.69, 9.17) is 4.98 Å². The van der Waals surface area contributed by atoms with Crippen LogP contribution in [0, 0.1) is 0 Å². The van der Waals surface area contributed by atoms with Gasteiger partial charge in [-0.1, -0.05) is 6.92 Å². The van der Waals surface area contributed by atoms with Crippen molar-refractivity contribution in [2.24, 2.45) is 0 Å². The molecule has 2 aliphatic rings. The highest BCUT2D eigenvalue weighted by molar-refractivity contribution is 7.15. The first-order chi connectivity index (χ1) is 8.83. The van der Waals surface area contributed by atoms with Crippen LogP contribution in [-0.4, -0.2) is 24.6 Å². The number of fused-ring (bicyclic) bond motifs is 1. The number of aryl methyl sites for hydroxylation is 1. The van der Waals surface area contributed by atoms with Gasteiger partial charge in [-0.05, 0) is 45.6 Å². The molecule has 1 aromatic rings. The quantitative estimate of drug-likeness (QED) is 0.910. The third kappa shape index (κ3) is 2.05. The summed E-state index contributed by atoms with van der Waals surface area (Å²) in [6.07, 6.45) is 7.70. The van der Waals surface area contributed by atoms with E-state index >= 15 is 0 Å². The Balaban J connectivity index is 1.88. The van der Waals surface area contributed by atoms with Crippen molar-refractivity contribution >= 4 is 16.5 Å². The summed E-state index contributed by atoms with van der Waals surface area (Å²) >= 11 is 1.95. The van der Waals surface area contributed by atoms with Crippen molar-refractivity contribution in [1.82, 2.24) is 10.3 Å². The van der Waals surface area contributed by atoms with E-state index in [1.165, 1.54) is 60.8 Å². The first-order valence-electron chi connectivity index (χ1n) is 7.27. The Morgan fingerprint density at radius 3 is 3.06 bits per heavy atom. The first-order valence-corrected chi connectivity index (χ1v) is 8.08. The number of rotatable bonds is 3. The van der Waals surface area contributed by atoms with Crippen LogP contribution in [0.15, 0.2) is 0 Å². The van der Waals surface area contributed by atoms with E-state index < -0.39 is 0 Å². The summed E-state index contributed by atoms with van der Waals surface area (Å²) in [5.41, 5.74) is 1.34. The van der Waals surface area contributed by atoms with Crippen molar-refractivity contribution in [3.63, 3.8) is 0 Å². The molecule has 3 nitrogen and oxygen atoms in total. The van der Waals surface area contributed by atoms with Crippen LogP contribution < -0.4 is 10.2 Å². The highest BCUT2D eigenvalue weighted by Gasteiger charge is 2.29. The van der Waals surface area contributed by atoms with E-state index in [2.05, 4.69) is 24.2 Å². The van der Waals surface area contributed by atoms with Gasteiger partial charge in [-0.3, -0.25) is 0 Å². The van der Waals surface area contributed by atoms with Crippen molar-refractivity contribution in [2.45, 2.75) is 57.5 Å². The first kappa shape index (κ1) is 12.4. The van der Waals surface area contributed by atoms with Crippen molar-refractivity contribution in [3.05, 3.63) is 10.6 Å². The maximum absolute atomic E-state index is 4.97. The zero-order valence-electron chi connectivity index (χ0n) is 11.4. The standard InChI is InChI=1S/C14H23N3S/c1-3-10-6-5-9-17(10)14-16-13-11(15-2)7-4-8-12(13)18-14/h10-11,15H,3-9H2,1-2H3. The van der Waals surface area contributed by atoms with Gasteiger partial charge in [0.25, 0.3) is 0 Å². The van der Waals surface area contributed by atoms with Gasteiger partial charge in [0, 0.05) is 17.5 Å². The number of hydrogen-bond acceptors (Lipinski definition) is 4. The smallest absolute Gasteiger partial charge is 0.186 e. The van der Waals surface area contributed by atoms with Gasteiger partial charge in [0.1, 0.15) is 0 Å². The van der Waals surface area contributed by atoms with Crippen molar-refractivity contribution in [3.8, 4) is 0 Å². The lowest BCUT2D eigenvalue weighted by Crippen LogP contribution is -2.28. The summed E-state index contributed by atoms with van der Waals surface area (Å²) in [5, 5.41) is 4.70. The Labute approximate surface area is 114 Å². The molecule has 0 bridgehead atoms. The number of nitrogens with one attached hydrogen (secondary N) is 1. The van der Waals surface area contributed by atoms with Gasteiger partial charge in [0.05, 0.1) is 11.7 Å². The van der Waals surface area contributed by atoms with E-state index in [-0.39, 0.29) is 0 Å². The van der Waals surface area contributed by atoms with Crippen LogP contribution in [0.5, 0.6) is 0 Å². The number of hydrogen-bond donors (Lipinski definition) is 1. The van der Waals surface area contributed by atoms with Gasteiger partial charge in [-0.15, -0.1) is 11.3 Å². The molecule has 1 fully saturated rings. The third-order valence-corrected chi connectivity index (χ3v) is 5.55. The predicted octanol–water partition coefficient (Wildman–Crippen LogP) is 3.12. The molecule has 3 rings (SSSR count). The molecular weight excluding hydrogens is 242 g/mol. The van der Waals surface area contributed by atoms with E-state index in [0.717, 1.165) is 6.04 Å². The molecule has 2 atom stereocenters. The summed E-state index contributed by atoms with van der Waals surface area (Å²) in [5.74, 6) is 0. The molecule has 2 unspecified atom stereocenters. The van der Waals surface area contributed by atoms with Gasteiger partial charge in [-0.25, -0.2) is 4.98 Å². The summed E-state index contributed by atoms with van der Waals surface area (Å²) in [4.78, 5) is 9.04. The lowest BCUT2D eigenvalue weighted by molar-refractivity contribution is 0.489. The lowest BCUT2D eigenvalue weighted by Gasteiger charge is -2.22. The van der Waals surface area contributed by atoms with E-state index in [0.29, 0.717) is 6.04 Å². The highest BCUT2D eigenvalue weighted by Crippen LogP contribution is 2.38. The monoisotopic (exact) mass is 265 g/mol. The topological polar surface area (TPSA) is 28.2 Å². The second-order valence-electron chi connectivity index (χ2n) is 5.44. The molecule has 1 aliphatic heterocycles. The Morgan fingerprint density at radius 1 is 1.39 bits per heavy atom. The van der Waals surface area contributed by atoms with Gasteiger partial charge in [0.2, 0.25) is 0 Å². The van der Waals surface area contributed by atoms with Crippen LogP contribution in [0.25, 0.3) is 0 Å². The molecular formula is C14H23N3S. The Hall–Kier alpha value is -0.610. The van der Waals surface area contributed by atoms with E-state index in [1.54, 1.807) is 0 Å². The highest BCUT2D eigenvalue weighted by atomic mass is 32.1. The Kier molecular flexibility index (Phi) is 3.57. The summed E-state index contributed by atoms with van der Waals surface area (Å²) in [6, 6.07) is 1.21. The maximum atomic E-state index is 4.97. The van der Waals surface area contributed by atoms with Crippen molar-refractivity contribution in [2.75, 3.05) is 18.5 Å². The SMILES string of the molecule is CCC1CCCN1c1nc2c(s1)CCCC2NC. The minimum absolute atomic E-state index is 0.487. The maximum Gasteiger partial charge on any atom is 0.186 e. The number of aromatic nitrogens is 1. The molecule has 100 valence electrons. The minimum atomic E-state index is 0.487. The molecule has 0 radical (unpaired) electrons. The molecule has 0 spiro atoms. The fourth-order valence-electron chi connectivity index (χ4n) is 3.32. The molecule has 0 saturated carbocycles. The summed E-state index contributed by atoms with van der Waals surface area (Å²) < 4.78 is 0. The molecule has 0 aromatic carbocycles. The average Bonchev–Trinajstić information content (AvgIpc) is 3.03. The van der Waals surface area contributed by atoms with Crippen molar-refractivity contribution < 1.29 is 0 Å². The molecule has 1 N–H and O–H groups in total. The number of nitrogens with zero attached hydrogens (tertiary/aromatic N) is 2. The lowest BCUT2D eigenvalue weighted by atomic mass is 9.98. The summed E-state index contributed by atoms with van der Waals surface area (Å²) in [6.45, 7) is 3.50. The molecule has 2 heterocycles. The zero-order valence-corrected chi connectivity index (χ0v) is 12.2. The van der Waals surface area contributed by atoms with Crippen LogP contribution in [0.1, 0.15) is 55.6 Å². The fourth-order valence-corrected chi connectivity index (χ4v) is 4.58. The number of thiazole rings is 1. The van der Waals surface area contributed by atoms with Crippen LogP contribution in [0.4, 0.5) is 5.13 Å². The molecule has 1 aliphatic carbocycles. The molecule has 18 heavy (non-hydrogen) atoms. The fraction of sp³-hybridized carbons (Fsp3) is 0.786. The van der Waals surface area contributed by atoms with Gasteiger partial charge in [0.15, 0.2) is 5.13 Å². The Bertz CT molecular complexity index is 415. The third-order valence-electron chi connectivity index (χ3n) is 4.39.